The average Bonchev–Trinajstić information content (AvgIpc) is 3.43. The maximum absolute atomic E-state index is 5.80. The lowest BCUT2D eigenvalue weighted by Crippen LogP contribution is -2.55. The molecule has 214 valence electrons. The maximum atomic E-state index is 5.80. The minimum atomic E-state index is -0.152. The van der Waals surface area contributed by atoms with E-state index in [1.54, 1.807) is 11.1 Å². The highest BCUT2D eigenvalue weighted by molar-refractivity contribution is 8.00. The van der Waals surface area contributed by atoms with Crippen LogP contribution in [-0.4, -0.2) is 28.1 Å². The van der Waals surface area contributed by atoms with Gasteiger partial charge in [-0.25, -0.2) is 0 Å². The van der Waals surface area contributed by atoms with Gasteiger partial charge in [-0.2, -0.15) is 0 Å². The summed E-state index contributed by atoms with van der Waals surface area (Å²) in [5, 5.41) is 0.505. The SMILES string of the molecule is CC1(C)C2C=CC=CC2C2CCC(C3CC(C4=CCCC=C4)N4C(=N3)c3cccc5c3C4(C)C3=CC=CCC3S5)=CC21. The van der Waals surface area contributed by atoms with Crippen molar-refractivity contribution in [3.63, 3.8) is 0 Å². The molecule has 3 aliphatic heterocycles. The summed E-state index contributed by atoms with van der Waals surface area (Å²) in [6, 6.07) is 7.62. The van der Waals surface area contributed by atoms with Crippen LogP contribution in [0.3, 0.4) is 0 Å². The normalized spacial score (nSPS) is 39.8. The highest BCUT2D eigenvalue weighted by Gasteiger charge is 2.58. The summed E-state index contributed by atoms with van der Waals surface area (Å²) in [4.78, 5) is 10.0. The average molecular weight is 571 g/mol. The summed E-state index contributed by atoms with van der Waals surface area (Å²) >= 11 is 2.08. The van der Waals surface area contributed by atoms with Gasteiger partial charge in [0.15, 0.2) is 0 Å². The molecule has 3 heteroatoms. The smallest absolute Gasteiger partial charge is 0.133 e. The molecule has 0 radical (unpaired) electrons. The van der Waals surface area contributed by atoms with Gasteiger partial charge in [0.25, 0.3) is 0 Å². The van der Waals surface area contributed by atoms with E-state index in [1.165, 1.54) is 40.3 Å². The van der Waals surface area contributed by atoms with Crippen molar-refractivity contribution in [2.75, 3.05) is 0 Å². The second-order valence-electron chi connectivity index (χ2n) is 14.6. The Hall–Kier alpha value is -2.78. The van der Waals surface area contributed by atoms with E-state index < -0.39 is 0 Å². The van der Waals surface area contributed by atoms with E-state index >= 15 is 0 Å². The van der Waals surface area contributed by atoms with Crippen LogP contribution in [0.15, 0.2) is 112 Å². The van der Waals surface area contributed by atoms with Crippen molar-refractivity contribution in [3.8, 4) is 0 Å². The molecule has 0 spiro atoms. The van der Waals surface area contributed by atoms with Gasteiger partial charge in [0.2, 0.25) is 0 Å². The second kappa shape index (κ2) is 9.11. The van der Waals surface area contributed by atoms with Crippen LogP contribution in [0.5, 0.6) is 0 Å². The molecule has 1 saturated carbocycles. The number of benzene rings is 1. The van der Waals surface area contributed by atoms with Gasteiger partial charge in [-0.3, -0.25) is 4.99 Å². The van der Waals surface area contributed by atoms with Crippen LogP contribution in [0.25, 0.3) is 0 Å². The minimum Gasteiger partial charge on any atom is -0.336 e. The lowest BCUT2D eigenvalue weighted by molar-refractivity contribution is 0.176. The molecule has 1 aromatic rings. The molecule has 3 heterocycles. The first-order valence-electron chi connectivity index (χ1n) is 16.4. The van der Waals surface area contributed by atoms with Crippen LogP contribution in [0, 0.1) is 29.1 Å². The van der Waals surface area contributed by atoms with Crippen LogP contribution >= 0.6 is 11.8 Å². The molecule has 0 N–H and O–H groups in total. The Bertz CT molecular complexity index is 1610. The zero-order chi connectivity index (χ0) is 28.2. The highest BCUT2D eigenvalue weighted by atomic mass is 32.2. The molecule has 0 amide bonds. The number of aliphatic imine (C=N–C) groups is 1. The van der Waals surface area contributed by atoms with Crippen LogP contribution in [0.4, 0.5) is 0 Å². The first-order chi connectivity index (χ1) is 20.5. The Morgan fingerprint density at radius 3 is 2.79 bits per heavy atom. The molecule has 8 aliphatic rings. The van der Waals surface area contributed by atoms with Crippen molar-refractivity contribution in [2.45, 2.75) is 87.1 Å². The molecular weight excluding hydrogens is 529 g/mol. The first kappa shape index (κ1) is 25.7. The molecule has 1 fully saturated rings. The number of hydrogen-bond acceptors (Lipinski definition) is 3. The second-order valence-corrected chi connectivity index (χ2v) is 15.8. The molecular formula is C39H42N2S. The number of thioether (sulfide) groups is 1. The van der Waals surface area contributed by atoms with E-state index in [4.69, 9.17) is 4.99 Å². The zero-order valence-corrected chi connectivity index (χ0v) is 26.0. The van der Waals surface area contributed by atoms with Crippen molar-refractivity contribution < 1.29 is 0 Å². The Kier molecular flexibility index (Phi) is 5.58. The molecule has 5 aliphatic carbocycles. The Balaban J connectivity index is 1.19. The molecule has 2 nitrogen and oxygen atoms in total. The fourth-order valence-electron chi connectivity index (χ4n) is 10.3. The van der Waals surface area contributed by atoms with Crippen molar-refractivity contribution in [1.82, 2.24) is 4.90 Å². The number of fused-ring (bicyclic) bond motifs is 8. The van der Waals surface area contributed by atoms with E-state index in [9.17, 15) is 0 Å². The standard InChI is InChI=1S/C39H42N2S/c1-38(2)29-16-8-7-14-26(29)27-21-20-25(22-31(27)38)32-23-33(24-12-5-4-6-13-24)41-37(40-32)28-15-11-19-35-36(28)39(41,3)30-17-9-10-18-34(30)42-35/h5,7-17,19,22,26-27,29,31-34H,4,6,18,20-21,23H2,1-3H3. The van der Waals surface area contributed by atoms with Crippen molar-refractivity contribution in [1.29, 1.82) is 0 Å². The van der Waals surface area contributed by atoms with Crippen LogP contribution in [0.2, 0.25) is 0 Å². The molecule has 0 saturated heterocycles. The highest BCUT2D eigenvalue weighted by Crippen LogP contribution is 2.62. The van der Waals surface area contributed by atoms with Gasteiger partial charge in [0.05, 0.1) is 17.6 Å². The van der Waals surface area contributed by atoms with Gasteiger partial charge in [0.1, 0.15) is 5.84 Å². The molecule has 42 heavy (non-hydrogen) atoms. The van der Waals surface area contributed by atoms with Crippen molar-refractivity contribution in [3.05, 3.63) is 113 Å². The molecule has 0 aromatic heterocycles. The Morgan fingerprint density at radius 1 is 1.00 bits per heavy atom. The third-order valence-electron chi connectivity index (χ3n) is 12.3. The number of allylic oxidation sites excluding steroid dienone is 10. The lowest BCUT2D eigenvalue weighted by atomic mass is 9.69. The molecule has 8 unspecified atom stereocenters. The predicted octanol–water partition coefficient (Wildman–Crippen LogP) is 9.09. The van der Waals surface area contributed by atoms with Gasteiger partial charge in [-0.1, -0.05) is 92.8 Å². The van der Waals surface area contributed by atoms with Gasteiger partial charge in [-0.05, 0) is 97.3 Å². The lowest BCUT2D eigenvalue weighted by Gasteiger charge is -2.51. The quantitative estimate of drug-likeness (QED) is 0.330. The number of hydrogen-bond donors (Lipinski definition) is 0. The third-order valence-corrected chi connectivity index (χ3v) is 13.6. The maximum Gasteiger partial charge on any atom is 0.133 e. The first-order valence-corrected chi connectivity index (χ1v) is 17.3. The third kappa shape index (κ3) is 3.38. The molecule has 1 aromatic carbocycles. The number of rotatable bonds is 2. The van der Waals surface area contributed by atoms with Gasteiger partial charge in [0, 0.05) is 21.3 Å². The summed E-state index contributed by atoms with van der Waals surface area (Å²) in [5.74, 6) is 3.98. The van der Waals surface area contributed by atoms with Gasteiger partial charge >= 0.3 is 0 Å². The molecule has 8 atom stereocenters. The summed E-state index contributed by atoms with van der Waals surface area (Å²) in [7, 11) is 0. The van der Waals surface area contributed by atoms with Crippen LogP contribution in [-0.2, 0) is 5.54 Å². The largest absolute Gasteiger partial charge is 0.336 e. The Morgan fingerprint density at radius 2 is 1.90 bits per heavy atom. The molecule has 9 rings (SSSR count). The number of amidine groups is 1. The monoisotopic (exact) mass is 570 g/mol. The summed E-state index contributed by atoms with van der Waals surface area (Å²) in [6.07, 6.45) is 33.8. The predicted molar refractivity (Wildman–Crippen MR) is 176 cm³/mol. The molecule has 0 bridgehead atoms. The summed E-state index contributed by atoms with van der Waals surface area (Å²) in [5.41, 5.74) is 7.71. The fraction of sp³-hybridized carbons (Fsp3) is 0.462. The van der Waals surface area contributed by atoms with E-state index in [0.29, 0.717) is 29.0 Å². The van der Waals surface area contributed by atoms with Crippen molar-refractivity contribution >= 4 is 17.6 Å². The Labute approximate surface area is 255 Å². The number of nitrogens with zero attached hydrogens (tertiary/aromatic N) is 2. The van der Waals surface area contributed by atoms with E-state index in [0.717, 1.165) is 31.6 Å². The van der Waals surface area contributed by atoms with E-state index in [2.05, 4.69) is 122 Å². The zero-order valence-electron chi connectivity index (χ0n) is 25.2. The summed E-state index contributed by atoms with van der Waals surface area (Å²) < 4.78 is 0. The van der Waals surface area contributed by atoms with Crippen LogP contribution in [0.1, 0.15) is 70.4 Å². The van der Waals surface area contributed by atoms with Crippen molar-refractivity contribution in [2.24, 2.45) is 34.1 Å². The van der Waals surface area contributed by atoms with Gasteiger partial charge in [-0.15, -0.1) is 11.8 Å². The minimum absolute atomic E-state index is 0.152. The van der Waals surface area contributed by atoms with Crippen LogP contribution < -0.4 is 0 Å². The fourth-order valence-corrected chi connectivity index (χ4v) is 11.9. The van der Waals surface area contributed by atoms with E-state index in [1.807, 2.05) is 0 Å². The van der Waals surface area contributed by atoms with Gasteiger partial charge < -0.3 is 4.90 Å². The topological polar surface area (TPSA) is 15.6 Å². The summed E-state index contributed by atoms with van der Waals surface area (Å²) in [6.45, 7) is 7.58. The van der Waals surface area contributed by atoms with E-state index in [-0.39, 0.29) is 17.0 Å².